The van der Waals surface area contributed by atoms with E-state index < -0.39 is 0 Å². The first-order valence-corrected chi connectivity index (χ1v) is 14.1. The molecule has 2 saturated heterocycles. The average Bonchev–Trinajstić information content (AvgIpc) is 2.97. The van der Waals surface area contributed by atoms with Gasteiger partial charge in [0.1, 0.15) is 11.6 Å². The van der Waals surface area contributed by atoms with Crippen molar-refractivity contribution < 1.29 is 13.9 Å². The van der Waals surface area contributed by atoms with Gasteiger partial charge in [-0.05, 0) is 87.0 Å². The lowest BCUT2D eigenvalue weighted by molar-refractivity contribution is -0.136. The predicted octanol–water partition coefficient (Wildman–Crippen LogP) is 5.67. The highest BCUT2D eigenvalue weighted by atomic mass is 19.1. The smallest absolute Gasteiger partial charge is 0.226 e. The van der Waals surface area contributed by atoms with Gasteiger partial charge in [0.15, 0.2) is 0 Å². The van der Waals surface area contributed by atoms with Gasteiger partial charge in [0, 0.05) is 56.1 Å². The van der Waals surface area contributed by atoms with Crippen molar-refractivity contribution in [1.82, 2.24) is 14.9 Å². The van der Waals surface area contributed by atoms with E-state index in [0.717, 1.165) is 88.2 Å². The van der Waals surface area contributed by atoms with E-state index in [9.17, 15) is 4.79 Å². The number of hydrogen-bond donors (Lipinski definition) is 0. The van der Waals surface area contributed by atoms with Crippen LogP contribution in [0.1, 0.15) is 69.4 Å². The third-order valence-electron chi connectivity index (χ3n) is 8.20. The molecule has 2 fully saturated rings. The van der Waals surface area contributed by atoms with Crippen LogP contribution in [-0.2, 0) is 11.2 Å². The minimum atomic E-state index is -0.243. The van der Waals surface area contributed by atoms with E-state index in [1.807, 2.05) is 29.4 Å². The number of ether oxygens (including phenoxy) is 1. The van der Waals surface area contributed by atoms with Crippen LogP contribution in [0.4, 0.5) is 10.3 Å². The van der Waals surface area contributed by atoms with Crippen LogP contribution in [0.5, 0.6) is 5.75 Å². The van der Waals surface area contributed by atoms with Crippen molar-refractivity contribution in [1.29, 1.82) is 0 Å². The Bertz CT molecular complexity index is 1090. The number of piperidine rings is 2. The minimum Gasteiger partial charge on any atom is -0.493 e. The number of nitrogens with zero attached hydrogens (tertiary/aromatic N) is 4. The van der Waals surface area contributed by atoms with E-state index in [0.29, 0.717) is 30.3 Å². The molecule has 1 amide bonds. The maximum Gasteiger partial charge on any atom is 0.226 e. The lowest BCUT2D eigenvalue weighted by Gasteiger charge is -2.32. The fraction of sp³-hybridized carbons (Fsp3) is 0.567. The second-order valence-electron chi connectivity index (χ2n) is 10.7. The van der Waals surface area contributed by atoms with Crippen molar-refractivity contribution in [2.45, 2.75) is 64.7 Å². The molecular weight excluding hydrogens is 467 g/mol. The molecule has 7 heteroatoms. The lowest BCUT2D eigenvalue weighted by Crippen LogP contribution is -2.40. The molecule has 0 spiro atoms. The number of aryl methyl sites for hydroxylation is 1. The summed E-state index contributed by atoms with van der Waals surface area (Å²) >= 11 is 0. The number of carbonyl (C=O) groups excluding carboxylic acids is 1. The third-order valence-corrected chi connectivity index (χ3v) is 8.20. The Morgan fingerprint density at radius 3 is 2.46 bits per heavy atom. The first-order valence-electron chi connectivity index (χ1n) is 14.1. The van der Waals surface area contributed by atoms with Gasteiger partial charge in [-0.2, -0.15) is 0 Å². The zero-order valence-corrected chi connectivity index (χ0v) is 22.0. The Morgan fingerprint density at radius 1 is 1.05 bits per heavy atom. The number of halogens is 1. The van der Waals surface area contributed by atoms with Gasteiger partial charge in [0.25, 0.3) is 0 Å². The number of carbonyl (C=O) groups is 1. The van der Waals surface area contributed by atoms with Gasteiger partial charge in [-0.1, -0.05) is 13.0 Å². The minimum absolute atomic E-state index is 0.0428. The predicted molar refractivity (Wildman–Crippen MR) is 144 cm³/mol. The second kappa shape index (κ2) is 12.1. The number of rotatable bonds is 7. The van der Waals surface area contributed by atoms with Gasteiger partial charge in [-0.25, -0.2) is 14.4 Å². The highest BCUT2D eigenvalue weighted by molar-refractivity contribution is 5.81. The quantitative estimate of drug-likeness (QED) is 0.484. The Morgan fingerprint density at radius 2 is 1.81 bits per heavy atom. The van der Waals surface area contributed by atoms with Crippen LogP contribution in [0.25, 0.3) is 5.57 Å². The zero-order valence-electron chi connectivity index (χ0n) is 22.0. The van der Waals surface area contributed by atoms with Crippen molar-refractivity contribution in [2.24, 2.45) is 11.8 Å². The molecule has 0 saturated carbocycles. The van der Waals surface area contributed by atoms with Gasteiger partial charge in [-0.3, -0.25) is 4.79 Å². The van der Waals surface area contributed by atoms with E-state index in [1.54, 1.807) is 0 Å². The van der Waals surface area contributed by atoms with Crippen LogP contribution in [0.15, 0.2) is 36.7 Å². The monoisotopic (exact) mass is 506 g/mol. The maximum atomic E-state index is 15.0. The molecule has 198 valence electrons. The van der Waals surface area contributed by atoms with E-state index >= 15 is 4.39 Å². The summed E-state index contributed by atoms with van der Waals surface area (Å²) in [6.07, 6.45) is 14.5. The van der Waals surface area contributed by atoms with Gasteiger partial charge in [0.2, 0.25) is 11.9 Å². The number of benzene rings is 1. The van der Waals surface area contributed by atoms with Crippen LogP contribution in [0.2, 0.25) is 0 Å². The van der Waals surface area contributed by atoms with Gasteiger partial charge < -0.3 is 14.5 Å². The van der Waals surface area contributed by atoms with Crippen molar-refractivity contribution in [3.05, 3.63) is 53.6 Å². The number of amides is 1. The zero-order chi connectivity index (χ0) is 25.6. The molecule has 6 nitrogen and oxygen atoms in total. The number of hydrogen-bond acceptors (Lipinski definition) is 5. The Hall–Kier alpha value is -2.96. The number of anilines is 1. The highest BCUT2D eigenvalue weighted by Crippen LogP contribution is 2.34. The molecule has 0 radical (unpaired) electrons. The van der Waals surface area contributed by atoms with Gasteiger partial charge >= 0.3 is 0 Å². The molecule has 2 aromatic rings. The topological polar surface area (TPSA) is 58.6 Å². The molecule has 1 aromatic carbocycles. The maximum absolute atomic E-state index is 15.0. The average molecular weight is 507 g/mol. The number of aromatic nitrogens is 2. The summed E-state index contributed by atoms with van der Waals surface area (Å²) in [6.45, 7) is 6.28. The summed E-state index contributed by atoms with van der Waals surface area (Å²) in [6, 6.07) is 5.23. The van der Waals surface area contributed by atoms with E-state index in [2.05, 4.69) is 27.9 Å². The largest absolute Gasteiger partial charge is 0.493 e. The van der Waals surface area contributed by atoms with Crippen LogP contribution in [-0.4, -0.2) is 53.6 Å². The molecule has 0 bridgehead atoms. The summed E-state index contributed by atoms with van der Waals surface area (Å²) < 4.78 is 21.0. The van der Waals surface area contributed by atoms with Gasteiger partial charge in [-0.15, -0.1) is 0 Å². The molecule has 0 N–H and O–H groups in total. The summed E-state index contributed by atoms with van der Waals surface area (Å²) in [7, 11) is 0. The highest BCUT2D eigenvalue weighted by Gasteiger charge is 2.28. The summed E-state index contributed by atoms with van der Waals surface area (Å²) in [5, 5.41) is 0. The van der Waals surface area contributed by atoms with Crippen LogP contribution < -0.4 is 9.64 Å². The van der Waals surface area contributed by atoms with E-state index in [4.69, 9.17) is 4.74 Å². The Labute approximate surface area is 219 Å². The van der Waals surface area contributed by atoms with Crippen LogP contribution >= 0.6 is 0 Å². The fourth-order valence-electron chi connectivity index (χ4n) is 5.73. The molecule has 37 heavy (non-hydrogen) atoms. The molecule has 1 unspecified atom stereocenters. The van der Waals surface area contributed by atoms with Gasteiger partial charge in [0.05, 0.1) is 6.61 Å². The summed E-state index contributed by atoms with van der Waals surface area (Å²) in [5.74, 6) is 1.90. The van der Waals surface area contributed by atoms with Crippen LogP contribution in [0.3, 0.4) is 0 Å². The second-order valence-corrected chi connectivity index (χ2v) is 10.7. The molecule has 2 aliphatic heterocycles. The van der Waals surface area contributed by atoms with Crippen molar-refractivity contribution >= 4 is 17.4 Å². The standard InChI is InChI=1S/C30H39FN4O2/c1-2-22-19-32-30(33-20-22)35-16-12-23(13-17-35)21-37-26-10-11-27(28(31)18-26)24-6-8-25(9-7-24)29(36)34-14-4-3-5-15-34/h6,10-11,18-20,23,25H,2-5,7-9,12-17,21H2,1H3. The Balaban J connectivity index is 1.10. The first-order chi connectivity index (χ1) is 18.1. The summed E-state index contributed by atoms with van der Waals surface area (Å²) in [4.78, 5) is 26.1. The molecule has 1 aliphatic carbocycles. The normalized spacial score (nSPS) is 21.0. The van der Waals surface area contributed by atoms with Crippen molar-refractivity contribution in [3.63, 3.8) is 0 Å². The number of likely N-dealkylation sites (tertiary alicyclic amines) is 1. The number of allylic oxidation sites excluding steroid dienone is 2. The first kappa shape index (κ1) is 25.7. The molecule has 5 rings (SSSR count). The molecule has 3 aliphatic rings. The molecule has 1 aromatic heterocycles. The van der Waals surface area contributed by atoms with Crippen LogP contribution in [0, 0.1) is 17.7 Å². The molecule has 1 atom stereocenters. The third kappa shape index (κ3) is 6.31. The lowest BCUT2D eigenvalue weighted by atomic mass is 9.85. The fourth-order valence-corrected chi connectivity index (χ4v) is 5.73. The SMILES string of the molecule is CCc1cnc(N2CCC(COc3ccc(C4=CCC(C(=O)N5CCCCC5)CC4)c(F)c3)CC2)nc1. The molecule has 3 heterocycles. The van der Waals surface area contributed by atoms with Crippen molar-refractivity contribution in [2.75, 3.05) is 37.7 Å². The Kier molecular flexibility index (Phi) is 8.37. The molecular formula is C30H39FN4O2. The van der Waals surface area contributed by atoms with Crippen molar-refractivity contribution in [3.8, 4) is 5.75 Å². The van der Waals surface area contributed by atoms with E-state index in [1.165, 1.54) is 12.5 Å². The summed E-state index contributed by atoms with van der Waals surface area (Å²) in [5.41, 5.74) is 2.80. The van der Waals surface area contributed by atoms with E-state index in [-0.39, 0.29) is 17.6 Å².